The lowest BCUT2D eigenvalue weighted by Gasteiger charge is -2.35. The van der Waals surface area contributed by atoms with Crippen LogP contribution in [0.5, 0.6) is 0 Å². The summed E-state index contributed by atoms with van der Waals surface area (Å²) in [6.07, 6.45) is 0. The largest absolute Gasteiger partial charge is 0.478 e. The molecule has 1 heterocycles. The van der Waals surface area contributed by atoms with Crippen LogP contribution in [-0.2, 0) is 14.8 Å². The maximum atomic E-state index is 12.8. The highest BCUT2D eigenvalue weighted by Crippen LogP contribution is 2.21. The summed E-state index contributed by atoms with van der Waals surface area (Å²) < 4.78 is 27.0. The van der Waals surface area contributed by atoms with E-state index in [1.807, 2.05) is 18.7 Å². The number of hydrogen-bond donors (Lipinski definition) is 1. The molecule has 0 atom stereocenters. The smallest absolute Gasteiger partial charge is 0.335 e. The maximum absolute atomic E-state index is 12.8. The maximum Gasteiger partial charge on any atom is 0.335 e. The predicted molar refractivity (Wildman–Crippen MR) is 101 cm³/mol. The predicted octanol–water partition coefficient (Wildman–Crippen LogP) is 0.868. The molecule has 0 aliphatic carbocycles. The number of sulfonamides is 1. The topological polar surface area (TPSA) is 98.2 Å². The first-order valence-electron chi connectivity index (χ1n) is 9.04. The molecular weight excluding hydrogens is 370 g/mol. The third-order valence-corrected chi connectivity index (χ3v) is 6.81. The summed E-state index contributed by atoms with van der Waals surface area (Å²) >= 11 is 0. The van der Waals surface area contributed by atoms with Gasteiger partial charge in [-0.3, -0.25) is 9.69 Å². The fourth-order valence-electron chi connectivity index (χ4n) is 3.10. The number of amides is 1. The van der Waals surface area contributed by atoms with Crippen LogP contribution in [0.3, 0.4) is 0 Å². The van der Waals surface area contributed by atoms with Gasteiger partial charge in [-0.15, -0.1) is 0 Å². The summed E-state index contributed by atoms with van der Waals surface area (Å²) in [5.74, 6) is -1.07. The van der Waals surface area contributed by atoms with Crippen molar-refractivity contribution in [1.29, 1.82) is 0 Å². The Hall–Kier alpha value is -1.97. The minimum Gasteiger partial charge on any atom is -0.478 e. The van der Waals surface area contributed by atoms with E-state index < -0.39 is 16.0 Å². The molecule has 0 aromatic heterocycles. The molecule has 1 aromatic carbocycles. The van der Waals surface area contributed by atoms with E-state index in [4.69, 9.17) is 5.11 Å². The Bertz CT molecular complexity index is 797. The van der Waals surface area contributed by atoms with Crippen LogP contribution in [0.1, 0.15) is 29.8 Å². The Kier molecular flexibility index (Phi) is 6.96. The SMILES string of the molecule is CCN(CC)CC(=O)N1CCN(S(=O)(=O)c2ccc(C(=O)O)c(C)c2)CC1. The number of piperazine rings is 1. The molecule has 1 saturated heterocycles. The lowest BCUT2D eigenvalue weighted by atomic mass is 10.1. The first kappa shape index (κ1) is 21.3. The molecule has 1 aliphatic heterocycles. The number of rotatable bonds is 7. The summed E-state index contributed by atoms with van der Waals surface area (Å²) in [6, 6.07) is 4.02. The fraction of sp³-hybridized carbons (Fsp3) is 0.556. The Morgan fingerprint density at radius 2 is 1.70 bits per heavy atom. The first-order valence-corrected chi connectivity index (χ1v) is 10.5. The van der Waals surface area contributed by atoms with Crippen LogP contribution >= 0.6 is 0 Å². The van der Waals surface area contributed by atoms with E-state index in [1.165, 1.54) is 22.5 Å². The van der Waals surface area contributed by atoms with Gasteiger partial charge in [0.2, 0.25) is 15.9 Å². The van der Waals surface area contributed by atoms with Gasteiger partial charge in [0.1, 0.15) is 0 Å². The minimum atomic E-state index is -3.72. The molecule has 0 spiro atoms. The van der Waals surface area contributed by atoms with Crippen molar-refractivity contribution in [1.82, 2.24) is 14.1 Å². The van der Waals surface area contributed by atoms with Crippen molar-refractivity contribution >= 4 is 21.9 Å². The number of likely N-dealkylation sites (N-methyl/N-ethyl adjacent to an activating group) is 1. The molecule has 9 heteroatoms. The number of carbonyl (C=O) groups excluding carboxylic acids is 1. The van der Waals surface area contributed by atoms with Gasteiger partial charge >= 0.3 is 5.97 Å². The van der Waals surface area contributed by atoms with Gasteiger partial charge in [-0.25, -0.2) is 13.2 Å². The van der Waals surface area contributed by atoms with Gasteiger partial charge < -0.3 is 10.0 Å². The quantitative estimate of drug-likeness (QED) is 0.733. The third kappa shape index (κ3) is 4.85. The van der Waals surface area contributed by atoms with E-state index in [0.717, 1.165) is 13.1 Å². The molecule has 0 saturated carbocycles. The van der Waals surface area contributed by atoms with E-state index in [9.17, 15) is 18.0 Å². The van der Waals surface area contributed by atoms with Crippen LogP contribution in [0, 0.1) is 6.92 Å². The highest BCUT2D eigenvalue weighted by molar-refractivity contribution is 7.89. The Morgan fingerprint density at radius 1 is 1.11 bits per heavy atom. The monoisotopic (exact) mass is 397 g/mol. The molecule has 0 bridgehead atoms. The van der Waals surface area contributed by atoms with Crippen molar-refractivity contribution in [3.05, 3.63) is 29.3 Å². The molecular formula is C18H27N3O5S. The average Bonchev–Trinajstić information content (AvgIpc) is 2.65. The molecule has 8 nitrogen and oxygen atoms in total. The van der Waals surface area contributed by atoms with Crippen LogP contribution in [-0.4, -0.2) is 85.3 Å². The normalized spacial score (nSPS) is 15.9. The number of nitrogens with zero attached hydrogens (tertiary/aromatic N) is 3. The van der Waals surface area contributed by atoms with Gasteiger partial charge in [-0.1, -0.05) is 13.8 Å². The zero-order chi connectivity index (χ0) is 20.2. The molecule has 1 N–H and O–H groups in total. The summed E-state index contributed by atoms with van der Waals surface area (Å²) in [4.78, 5) is 27.3. The average molecular weight is 397 g/mol. The number of aryl methyl sites for hydroxylation is 1. The number of benzene rings is 1. The van der Waals surface area contributed by atoms with Crippen LogP contribution < -0.4 is 0 Å². The zero-order valence-electron chi connectivity index (χ0n) is 16.0. The van der Waals surface area contributed by atoms with Gasteiger partial charge in [0, 0.05) is 26.2 Å². The highest BCUT2D eigenvalue weighted by Gasteiger charge is 2.30. The number of carbonyl (C=O) groups is 2. The van der Waals surface area contributed by atoms with Gasteiger partial charge in [0.15, 0.2) is 0 Å². The van der Waals surface area contributed by atoms with Gasteiger partial charge in [-0.2, -0.15) is 4.31 Å². The Morgan fingerprint density at radius 3 is 2.19 bits per heavy atom. The van der Waals surface area contributed by atoms with Crippen LogP contribution in [0.2, 0.25) is 0 Å². The van der Waals surface area contributed by atoms with E-state index in [2.05, 4.69) is 0 Å². The summed E-state index contributed by atoms with van der Waals surface area (Å²) in [6.45, 7) is 8.67. The van der Waals surface area contributed by atoms with Crippen molar-refractivity contribution < 1.29 is 23.1 Å². The summed E-state index contributed by atoms with van der Waals surface area (Å²) in [5.41, 5.74) is 0.484. The molecule has 2 rings (SSSR count). The number of carboxylic acids is 1. The van der Waals surface area contributed by atoms with E-state index >= 15 is 0 Å². The molecule has 150 valence electrons. The molecule has 1 aliphatic rings. The molecule has 27 heavy (non-hydrogen) atoms. The van der Waals surface area contributed by atoms with Crippen molar-refractivity contribution in [2.45, 2.75) is 25.7 Å². The van der Waals surface area contributed by atoms with Crippen molar-refractivity contribution in [3.63, 3.8) is 0 Å². The highest BCUT2D eigenvalue weighted by atomic mass is 32.2. The Labute approximate surface area is 160 Å². The van der Waals surface area contributed by atoms with Gasteiger partial charge in [-0.05, 0) is 43.8 Å². The molecule has 1 aromatic rings. The van der Waals surface area contributed by atoms with Crippen molar-refractivity contribution in [2.75, 3.05) is 45.8 Å². The molecule has 0 unspecified atom stereocenters. The second-order valence-corrected chi connectivity index (χ2v) is 8.47. The van der Waals surface area contributed by atoms with Crippen LogP contribution in [0.4, 0.5) is 0 Å². The summed E-state index contributed by atoms with van der Waals surface area (Å²) in [7, 11) is -3.72. The second kappa shape index (κ2) is 8.81. The number of aromatic carboxylic acids is 1. The van der Waals surface area contributed by atoms with E-state index in [-0.39, 0.29) is 29.5 Å². The number of carboxylic acid groups (broad SMARTS) is 1. The van der Waals surface area contributed by atoms with Crippen LogP contribution in [0.15, 0.2) is 23.1 Å². The second-order valence-electron chi connectivity index (χ2n) is 6.53. The van der Waals surface area contributed by atoms with E-state index in [1.54, 1.807) is 11.8 Å². The summed E-state index contributed by atoms with van der Waals surface area (Å²) in [5, 5.41) is 9.09. The minimum absolute atomic E-state index is 0.0115. The standard InChI is InChI=1S/C18H27N3O5S/c1-4-19(5-2)13-17(22)20-8-10-21(11-9-20)27(25,26)15-6-7-16(18(23)24)14(3)12-15/h6-7,12H,4-5,8-11,13H2,1-3H3,(H,23,24). The van der Waals surface area contributed by atoms with Crippen molar-refractivity contribution in [2.24, 2.45) is 0 Å². The molecule has 1 fully saturated rings. The van der Waals surface area contributed by atoms with Crippen LogP contribution in [0.25, 0.3) is 0 Å². The molecule has 0 radical (unpaired) electrons. The van der Waals surface area contributed by atoms with Gasteiger partial charge in [0.25, 0.3) is 0 Å². The lowest BCUT2D eigenvalue weighted by Crippen LogP contribution is -2.52. The van der Waals surface area contributed by atoms with Gasteiger partial charge in [0.05, 0.1) is 17.0 Å². The third-order valence-electron chi connectivity index (χ3n) is 4.91. The molecule has 1 amide bonds. The number of hydrogen-bond acceptors (Lipinski definition) is 5. The van der Waals surface area contributed by atoms with E-state index in [0.29, 0.717) is 25.2 Å². The Balaban J connectivity index is 2.05. The van der Waals surface area contributed by atoms with Crippen molar-refractivity contribution in [3.8, 4) is 0 Å². The fourth-order valence-corrected chi connectivity index (χ4v) is 4.61. The zero-order valence-corrected chi connectivity index (χ0v) is 16.8. The lowest BCUT2D eigenvalue weighted by molar-refractivity contribution is -0.133. The first-order chi connectivity index (χ1) is 12.7.